The van der Waals surface area contributed by atoms with Crippen molar-refractivity contribution in [3.05, 3.63) is 47.0 Å². The number of hydrogen-bond donors (Lipinski definition) is 0. The second kappa shape index (κ2) is 8.73. The lowest BCUT2D eigenvalue weighted by Gasteiger charge is -2.57. The van der Waals surface area contributed by atoms with Crippen LogP contribution in [0.2, 0.25) is 0 Å². The van der Waals surface area contributed by atoms with Crippen molar-refractivity contribution in [1.29, 1.82) is 10.5 Å². The van der Waals surface area contributed by atoms with Crippen LogP contribution >= 0.6 is 0 Å². The third-order valence-corrected chi connectivity index (χ3v) is 8.56. The smallest absolute Gasteiger partial charge is 0.143 e. The third kappa shape index (κ3) is 4.63. The summed E-state index contributed by atoms with van der Waals surface area (Å²) in [5.41, 5.74) is 3.36. The van der Waals surface area contributed by atoms with Crippen molar-refractivity contribution >= 4 is 0 Å². The van der Waals surface area contributed by atoms with Crippen LogP contribution in [0.5, 0.6) is 0 Å². The fourth-order valence-corrected chi connectivity index (χ4v) is 6.08. The Balaban J connectivity index is 1.59. The van der Waals surface area contributed by atoms with Gasteiger partial charge in [0.25, 0.3) is 0 Å². The lowest BCUT2D eigenvalue weighted by atomic mass is 9.59. The van der Waals surface area contributed by atoms with E-state index >= 15 is 0 Å². The first kappa shape index (κ1) is 24.8. The van der Waals surface area contributed by atoms with Gasteiger partial charge in [-0.3, -0.25) is 4.90 Å². The van der Waals surface area contributed by atoms with Crippen molar-refractivity contribution in [2.75, 3.05) is 13.1 Å². The van der Waals surface area contributed by atoms with Crippen LogP contribution in [0.1, 0.15) is 74.1 Å². The molecule has 0 amide bonds. The van der Waals surface area contributed by atoms with Crippen LogP contribution in [0.3, 0.4) is 0 Å². The van der Waals surface area contributed by atoms with Gasteiger partial charge in [0.1, 0.15) is 17.4 Å². The van der Waals surface area contributed by atoms with Crippen molar-refractivity contribution in [2.45, 2.75) is 80.2 Å². The minimum Gasteiger partial charge on any atom is -0.466 e. The number of rotatable bonds is 4. The van der Waals surface area contributed by atoms with Gasteiger partial charge >= 0.3 is 0 Å². The lowest BCUT2D eigenvalue weighted by molar-refractivity contribution is 0.00564. The first-order valence-corrected chi connectivity index (χ1v) is 12.9. The molecule has 4 rings (SSSR count). The minimum absolute atomic E-state index is 0.172. The summed E-state index contributed by atoms with van der Waals surface area (Å²) >= 11 is 0. The molecule has 3 heterocycles. The predicted molar refractivity (Wildman–Crippen MR) is 136 cm³/mol. The molecule has 3 atom stereocenters. The fourth-order valence-electron chi connectivity index (χ4n) is 6.08. The molecule has 0 aromatic rings. The fraction of sp³-hybridized carbons (Fsp3) is 0.667. The number of ether oxygens (including phenoxy) is 1. The largest absolute Gasteiger partial charge is 0.466 e. The molecule has 0 spiro atoms. The molecule has 4 aliphatic rings. The molecule has 1 aliphatic carbocycles. The summed E-state index contributed by atoms with van der Waals surface area (Å²) in [5, 5.41) is 19.0. The Hall–Kier alpha value is -2.30. The molecule has 0 saturated carbocycles. The predicted octanol–water partition coefficient (Wildman–Crippen LogP) is 6.90. The highest BCUT2D eigenvalue weighted by molar-refractivity contribution is 5.40. The number of piperidine rings is 2. The van der Waals surface area contributed by atoms with E-state index in [2.05, 4.69) is 77.7 Å². The summed E-state index contributed by atoms with van der Waals surface area (Å²) in [5.74, 6) is 1.38. The molecule has 4 nitrogen and oxygen atoms in total. The van der Waals surface area contributed by atoms with Gasteiger partial charge in [-0.15, -0.1) is 0 Å². The van der Waals surface area contributed by atoms with Crippen molar-refractivity contribution in [2.24, 2.45) is 34.0 Å². The number of allylic oxidation sites excluding steroid dienone is 6. The Kier molecular flexibility index (Phi) is 6.37. The molecular formula is C30H41N3O. The molecule has 0 bridgehead atoms. The van der Waals surface area contributed by atoms with Gasteiger partial charge < -0.3 is 4.74 Å². The number of nitrogens with zero attached hydrogens (tertiary/aromatic N) is 3. The average molecular weight is 460 g/mol. The Morgan fingerprint density at radius 2 is 1.71 bits per heavy atom. The SMILES string of the molecule is CC(C)(C)C1=CC(C(C#N)C#N)C=C(CCC2=CC3C4C(=C2)C(C)(C)CCN4CCC3(C)C)O1. The van der Waals surface area contributed by atoms with E-state index in [1.54, 1.807) is 5.57 Å². The third-order valence-electron chi connectivity index (χ3n) is 8.56. The molecule has 182 valence electrons. The molecule has 3 unspecified atom stereocenters. The summed E-state index contributed by atoms with van der Waals surface area (Å²) in [4.78, 5) is 2.72. The van der Waals surface area contributed by atoms with Gasteiger partial charge in [-0.25, -0.2) is 0 Å². The standard InChI is InChI=1S/C30H41N3O/c1-28(2,3)26-17-21(22(18-31)19-32)16-23(34-26)9-8-20-14-24-27-25(15-20)30(6,7)11-13-33(27)12-10-29(24,4)5/h14-17,21-22,24,27H,8-13H2,1-7H3. The molecular weight excluding hydrogens is 418 g/mol. The molecule has 0 aromatic carbocycles. The molecule has 0 aromatic heterocycles. The molecule has 2 fully saturated rings. The zero-order valence-electron chi connectivity index (χ0n) is 22.1. The van der Waals surface area contributed by atoms with Crippen LogP contribution in [0, 0.1) is 56.7 Å². The zero-order valence-corrected chi connectivity index (χ0v) is 22.1. The lowest BCUT2D eigenvalue weighted by Crippen LogP contribution is -2.58. The van der Waals surface area contributed by atoms with Crippen molar-refractivity contribution in [3.8, 4) is 12.1 Å². The monoisotopic (exact) mass is 459 g/mol. The quantitative estimate of drug-likeness (QED) is 0.458. The average Bonchev–Trinajstić information content (AvgIpc) is 2.76. The topological polar surface area (TPSA) is 60.0 Å². The van der Waals surface area contributed by atoms with Crippen molar-refractivity contribution in [3.63, 3.8) is 0 Å². The van der Waals surface area contributed by atoms with E-state index in [0.717, 1.165) is 24.4 Å². The number of hydrogen-bond acceptors (Lipinski definition) is 4. The zero-order chi connectivity index (χ0) is 24.9. The highest BCUT2D eigenvalue weighted by Crippen LogP contribution is 2.53. The van der Waals surface area contributed by atoms with Crippen LogP contribution < -0.4 is 0 Å². The van der Waals surface area contributed by atoms with Gasteiger partial charge in [0.05, 0.1) is 12.1 Å². The van der Waals surface area contributed by atoms with E-state index in [1.165, 1.54) is 31.5 Å². The summed E-state index contributed by atoms with van der Waals surface area (Å²) in [6, 6.07) is 4.86. The van der Waals surface area contributed by atoms with Gasteiger partial charge in [-0.05, 0) is 60.9 Å². The molecule has 0 radical (unpaired) electrons. The van der Waals surface area contributed by atoms with Gasteiger partial charge in [-0.2, -0.15) is 10.5 Å². The second-order valence-corrected chi connectivity index (χ2v) is 13.0. The van der Waals surface area contributed by atoms with Gasteiger partial charge in [0.2, 0.25) is 0 Å². The molecule has 2 saturated heterocycles. The summed E-state index contributed by atoms with van der Waals surface area (Å²) in [7, 11) is 0. The maximum Gasteiger partial charge on any atom is 0.143 e. The van der Waals surface area contributed by atoms with Crippen LogP contribution in [0.4, 0.5) is 0 Å². The van der Waals surface area contributed by atoms with Crippen LogP contribution in [-0.2, 0) is 4.74 Å². The molecule has 4 heteroatoms. The Labute approximate surface area is 206 Å². The first-order valence-electron chi connectivity index (χ1n) is 12.9. The van der Waals surface area contributed by atoms with E-state index in [1.807, 2.05) is 12.2 Å². The maximum absolute atomic E-state index is 9.49. The molecule has 3 aliphatic heterocycles. The summed E-state index contributed by atoms with van der Waals surface area (Å²) < 4.78 is 6.33. The summed E-state index contributed by atoms with van der Waals surface area (Å²) in [6.07, 6.45) is 13.2. The Morgan fingerprint density at radius 1 is 1.03 bits per heavy atom. The highest BCUT2D eigenvalue weighted by Gasteiger charge is 2.50. The van der Waals surface area contributed by atoms with Crippen LogP contribution in [-0.4, -0.2) is 24.0 Å². The van der Waals surface area contributed by atoms with E-state index < -0.39 is 5.92 Å². The molecule has 0 N–H and O–H groups in total. The van der Waals surface area contributed by atoms with Gasteiger partial charge in [-0.1, -0.05) is 66.2 Å². The van der Waals surface area contributed by atoms with Crippen molar-refractivity contribution < 1.29 is 4.74 Å². The van der Waals surface area contributed by atoms with Crippen LogP contribution in [0.15, 0.2) is 47.0 Å². The second-order valence-electron chi connectivity index (χ2n) is 13.0. The van der Waals surface area contributed by atoms with Crippen molar-refractivity contribution in [1.82, 2.24) is 4.90 Å². The number of nitriles is 2. The van der Waals surface area contributed by atoms with E-state index in [-0.39, 0.29) is 16.7 Å². The minimum atomic E-state index is -0.690. The Morgan fingerprint density at radius 3 is 2.35 bits per heavy atom. The van der Waals surface area contributed by atoms with E-state index in [9.17, 15) is 10.5 Å². The highest BCUT2D eigenvalue weighted by atomic mass is 16.5. The Bertz CT molecular complexity index is 1020. The van der Waals surface area contributed by atoms with Gasteiger partial charge in [0.15, 0.2) is 0 Å². The maximum atomic E-state index is 9.49. The molecule has 34 heavy (non-hydrogen) atoms. The van der Waals surface area contributed by atoms with Crippen LogP contribution in [0.25, 0.3) is 0 Å². The van der Waals surface area contributed by atoms with E-state index in [4.69, 9.17) is 4.74 Å². The van der Waals surface area contributed by atoms with Gasteiger partial charge in [0, 0.05) is 29.7 Å². The summed E-state index contributed by atoms with van der Waals surface area (Å²) in [6.45, 7) is 18.5. The van der Waals surface area contributed by atoms with E-state index in [0.29, 0.717) is 17.4 Å². The normalized spacial score (nSPS) is 30.0. The first-order chi connectivity index (χ1) is 15.9.